The van der Waals surface area contributed by atoms with Crippen molar-refractivity contribution in [1.82, 2.24) is 5.32 Å². The molecule has 1 aromatic rings. The third-order valence-corrected chi connectivity index (χ3v) is 2.77. The van der Waals surface area contributed by atoms with Gasteiger partial charge in [-0.2, -0.15) is 0 Å². The Morgan fingerprint density at radius 1 is 1.29 bits per heavy atom. The van der Waals surface area contributed by atoms with Gasteiger partial charge in [0.1, 0.15) is 0 Å². The van der Waals surface area contributed by atoms with E-state index in [1.54, 1.807) is 6.07 Å². The molecule has 1 amide bonds. The standard InChI is InChI=1S/C13H17NO3/c1-8-5-6-11(9(2)7-8)13(4,12(16)17)14-10(3)15/h5-7H,1-4H3,(H,14,15)(H,16,17). The lowest BCUT2D eigenvalue weighted by Gasteiger charge is -2.28. The minimum atomic E-state index is -1.39. The molecule has 0 aromatic heterocycles. The number of amides is 1. The predicted octanol–water partition coefficient (Wildman–Crippen LogP) is 1.74. The molecule has 0 heterocycles. The van der Waals surface area contributed by atoms with E-state index >= 15 is 0 Å². The number of carboxylic acids is 1. The molecule has 4 heteroatoms. The second-order valence-corrected chi connectivity index (χ2v) is 4.43. The van der Waals surface area contributed by atoms with Crippen molar-refractivity contribution in [2.45, 2.75) is 33.2 Å². The Labute approximate surface area is 101 Å². The van der Waals surface area contributed by atoms with Crippen LogP contribution in [0, 0.1) is 13.8 Å². The maximum absolute atomic E-state index is 11.4. The van der Waals surface area contributed by atoms with Crippen LogP contribution >= 0.6 is 0 Å². The van der Waals surface area contributed by atoms with Crippen molar-refractivity contribution < 1.29 is 14.7 Å². The summed E-state index contributed by atoms with van der Waals surface area (Å²) in [4.78, 5) is 22.5. The van der Waals surface area contributed by atoms with Crippen molar-refractivity contribution in [2.75, 3.05) is 0 Å². The normalized spacial score (nSPS) is 13.9. The first-order valence-electron chi connectivity index (χ1n) is 5.37. The van der Waals surface area contributed by atoms with Gasteiger partial charge in [-0.05, 0) is 31.9 Å². The Bertz CT molecular complexity index is 468. The summed E-state index contributed by atoms with van der Waals surface area (Å²) in [6, 6.07) is 5.48. The Morgan fingerprint density at radius 3 is 2.29 bits per heavy atom. The van der Waals surface area contributed by atoms with Crippen LogP contribution in [0.2, 0.25) is 0 Å². The molecule has 1 unspecified atom stereocenters. The number of aryl methyl sites for hydroxylation is 2. The third-order valence-electron chi connectivity index (χ3n) is 2.77. The summed E-state index contributed by atoms with van der Waals surface area (Å²) in [5.41, 5.74) is 1.13. The van der Waals surface area contributed by atoms with Gasteiger partial charge in [-0.25, -0.2) is 4.79 Å². The van der Waals surface area contributed by atoms with Gasteiger partial charge in [-0.15, -0.1) is 0 Å². The number of carboxylic acid groups (broad SMARTS) is 1. The molecule has 17 heavy (non-hydrogen) atoms. The van der Waals surface area contributed by atoms with E-state index in [2.05, 4.69) is 5.32 Å². The Kier molecular flexibility index (Phi) is 3.56. The number of rotatable bonds is 3. The van der Waals surface area contributed by atoms with Gasteiger partial charge in [-0.3, -0.25) is 4.79 Å². The molecule has 92 valence electrons. The molecule has 0 spiro atoms. The van der Waals surface area contributed by atoms with E-state index in [1.807, 2.05) is 26.0 Å². The largest absolute Gasteiger partial charge is 0.479 e. The van der Waals surface area contributed by atoms with E-state index in [9.17, 15) is 14.7 Å². The van der Waals surface area contributed by atoms with E-state index in [1.165, 1.54) is 13.8 Å². The average molecular weight is 235 g/mol. The highest BCUT2D eigenvalue weighted by molar-refractivity contribution is 5.87. The van der Waals surface area contributed by atoms with Gasteiger partial charge in [0, 0.05) is 6.92 Å². The first-order valence-corrected chi connectivity index (χ1v) is 5.37. The lowest BCUT2D eigenvalue weighted by Crippen LogP contribution is -2.49. The van der Waals surface area contributed by atoms with Crippen LogP contribution in [-0.4, -0.2) is 17.0 Å². The van der Waals surface area contributed by atoms with Crippen molar-refractivity contribution in [2.24, 2.45) is 0 Å². The van der Waals surface area contributed by atoms with Crippen molar-refractivity contribution in [3.05, 3.63) is 34.9 Å². The molecule has 1 rings (SSSR count). The maximum atomic E-state index is 11.4. The molecule has 0 aliphatic carbocycles. The zero-order valence-corrected chi connectivity index (χ0v) is 10.5. The summed E-state index contributed by atoms with van der Waals surface area (Å²) in [5.74, 6) is -1.44. The minimum absolute atomic E-state index is 0.366. The summed E-state index contributed by atoms with van der Waals surface area (Å²) < 4.78 is 0. The molecule has 0 fully saturated rings. The minimum Gasteiger partial charge on any atom is -0.479 e. The molecule has 0 radical (unpaired) electrons. The molecule has 0 bridgehead atoms. The fourth-order valence-electron chi connectivity index (χ4n) is 1.96. The van der Waals surface area contributed by atoms with Gasteiger partial charge >= 0.3 is 5.97 Å². The number of nitrogens with one attached hydrogen (secondary N) is 1. The van der Waals surface area contributed by atoms with Gasteiger partial charge in [0.25, 0.3) is 0 Å². The van der Waals surface area contributed by atoms with Crippen LogP contribution < -0.4 is 5.32 Å². The quantitative estimate of drug-likeness (QED) is 0.838. The molecule has 1 atom stereocenters. The summed E-state index contributed by atoms with van der Waals surface area (Å²) in [6.07, 6.45) is 0. The van der Waals surface area contributed by atoms with Gasteiger partial charge in [0.2, 0.25) is 5.91 Å². The van der Waals surface area contributed by atoms with Crippen LogP contribution in [0.4, 0.5) is 0 Å². The fourth-order valence-corrected chi connectivity index (χ4v) is 1.96. The first kappa shape index (κ1) is 13.2. The summed E-state index contributed by atoms with van der Waals surface area (Å²) in [5, 5.41) is 11.8. The van der Waals surface area contributed by atoms with Crippen molar-refractivity contribution >= 4 is 11.9 Å². The van der Waals surface area contributed by atoms with E-state index in [4.69, 9.17) is 0 Å². The van der Waals surface area contributed by atoms with Crippen LogP contribution in [0.1, 0.15) is 30.5 Å². The highest BCUT2D eigenvalue weighted by atomic mass is 16.4. The van der Waals surface area contributed by atoms with Gasteiger partial charge in [-0.1, -0.05) is 23.8 Å². The number of hydrogen-bond acceptors (Lipinski definition) is 2. The molecule has 0 saturated heterocycles. The number of carbonyl (C=O) groups excluding carboxylic acids is 1. The smallest absolute Gasteiger partial charge is 0.333 e. The summed E-state index contributed by atoms with van der Waals surface area (Å²) in [7, 11) is 0. The van der Waals surface area contributed by atoms with E-state index in [0.717, 1.165) is 11.1 Å². The second-order valence-electron chi connectivity index (χ2n) is 4.43. The molecule has 0 saturated carbocycles. The molecular formula is C13H17NO3. The van der Waals surface area contributed by atoms with E-state index in [0.29, 0.717) is 5.56 Å². The second kappa shape index (κ2) is 4.57. The Morgan fingerprint density at radius 2 is 1.88 bits per heavy atom. The number of carbonyl (C=O) groups is 2. The van der Waals surface area contributed by atoms with Gasteiger partial charge in [0.05, 0.1) is 0 Å². The molecule has 0 aliphatic rings. The molecular weight excluding hydrogens is 218 g/mol. The molecule has 2 N–H and O–H groups in total. The molecule has 1 aromatic carbocycles. The third kappa shape index (κ3) is 2.64. The van der Waals surface area contributed by atoms with Crippen molar-refractivity contribution in [3.63, 3.8) is 0 Å². The predicted molar refractivity (Wildman–Crippen MR) is 64.7 cm³/mol. The topological polar surface area (TPSA) is 66.4 Å². The average Bonchev–Trinajstić information content (AvgIpc) is 2.15. The number of benzene rings is 1. The lowest BCUT2D eigenvalue weighted by atomic mass is 9.87. The van der Waals surface area contributed by atoms with Crippen LogP contribution in [0.3, 0.4) is 0 Å². The molecule has 0 aliphatic heterocycles. The summed E-state index contributed by atoms with van der Waals surface area (Å²) in [6.45, 7) is 6.58. The summed E-state index contributed by atoms with van der Waals surface area (Å²) >= 11 is 0. The highest BCUT2D eigenvalue weighted by Crippen LogP contribution is 2.25. The van der Waals surface area contributed by atoms with Gasteiger partial charge in [0.15, 0.2) is 5.54 Å². The van der Waals surface area contributed by atoms with E-state index < -0.39 is 11.5 Å². The van der Waals surface area contributed by atoms with Gasteiger partial charge < -0.3 is 10.4 Å². The lowest BCUT2D eigenvalue weighted by molar-refractivity contribution is -0.147. The van der Waals surface area contributed by atoms with Crippen molar-refractivity contribution in [1.29, 1.82) is 0 Å². The molecule has 4 nitrogen and oxygen atoms in total. The van der Waals surface area contributed by atoms with Crippen molar-refractivity contribution in [3.8, 4) is 0 Å². The maximum Gasteiger partial charge on any atom is 0.333 e. The van der Waals surface area contributed by atoms with Crippen LogP contribution in [-0.2, 0) is 15.1 Å². The van der Waals surface area contributed by atoms with E-state index in [-0.39, 0.29) is 5.91 Å². The van der Waals surface area contributed by atoms with Crippen LogP contribution in [0.15, 0.2) is 18.2 Å². The Balaban J connectivity index is 3.32. The Hall–Kier alpha value is -1.84. The first-order chi connectivity index (χ1) is 7.77. The highest BCUT2D eigenvalue weighted by Gasteiger charge is 2.37. The number of aliphatic carboxylic acids is 1. The monoisotopic (exact) mass is 235 g/mol. The SMILES string of the molecule is CC(=O)NC(C)(C(=O)O)c1ccc(C)cc1C. The fraction of sp³-hybridized carbons (Fsp3) is 0.385. The van der Waals surface area contributed by atoms with Crippen LogP contribution in [0.5, 0.6) is 0 Å². The zero-order valence-electron chi connectivity index (χ0n) is 10.5. The van der Waals surface area contributed by atoms with Crippen LogP contribution in [0.25, 0.3) is 0 Å². The zero-order chi connectivity index (χ0) is 13.2. The number of hydrogen-bond donors (Lipinski definition) is 2.